The van der Waals surface area contributed by atoms with E-state index in [0.29, 0.717) is 6.42 Å². The maximum Gasteiger partial charge on any atom is 0.293 e. The molecular formula is C20H21N5O7. The number of carbonyl (C=O) groups is 3. The van der Waals surface area contributed by atoms with Crippen molar-refractivity contribution in [1.29, 1.82) is 0 Å². The molecule has 0 aliphatic carbocycles. The first-order valence-corrected chi connectivity index (χ1v) is 9.55. The largest absolute Gasteiger partial charge is 0.481 e. The Morgan fingerprint density at radius 2 is 1.75 bits per heavy atom. The summed E-state index contributed by atoms with van der Waals surface area (Å²) in [6.07, 6.45) is 0.523. The number of aromatic nitrogens is 1. The lowest BCUT2D eigenvalue weighted by Crippen LogP contribution is -2.45. The van der Waals surface area contributed by atoms with Gasteiger partial charge in [-0.15, -0.1) is 0 Å². The number of amides is 3. The van der Waals surface area contributed by atoms with Gasteiger partial charge in [-0.25, -0.2) is 10.0 Å². The van der Waals surface area contributed by atoms with Gasteiger partial charge >= 0.3 is 0 Å². The second-order valence-corrected chi connectivity index (χ2v) is 6.79. The number of nitrogens with one attached hydrogen (secondary N) is 1. The second kappa shape index (κ2) is 9.29. The van der Waals surface area contributed by atoms with Crippen LogP contribution in [0.15, 0.2) is 30.3 Å². The molecule has 12 heteroatoms. The molecule has 2 heterocycles. The van der Waals surface area contributed by atoms with Gasteiger partial charge in [0.2, 0.25) is 17.7 Å². The number of nitrogens with zero attached hydrogens (tertiary/aromatic N) is 4. The molecule has 1 aliphatic rings. The Kier molecular flexibility index (Phi) is 6.52. The van der Waals surface area contributed by atoms with Crippen LogP contribution in [-0.4, -0.2) is 65.0 Å². The fraction of sp³-hybridized carbons (Fsp3) is 0.300. The van der Waals surface area contributed by atoms with E-state index < -0.39 is 28.3 Å². The summed E-state index contributed by atoms with van der Waals surface area (Å²) in [6, 6.07) is 6.70. The van der Waals surface area contributed by atoms with Crippen LogP contribution in [0.5, 0.6) is 11.8 Å². The molecule has 2 aromatic rings. The lowest BCUT2D eigenvalue weighted by Gasteiger charge is -2.28. The summed E-state index contributed by atoms with van der Waals surface area (Å²) < 4.78 is 10.2. The molecule has 0 radical (unpaired) electrons. The van der Waals surface area contributed by atoms with E-state index in [1.54, 1.807) is 0 Å². The summed E-state index contributed by atoms with van der Waals surface area (Å²) in [5.41, 5.74) is -0.308. The highest BCUT2D eigenvalue weighted by molar-refractivity contribution is 6.01. The summed E-state index contributed by atoms with van der Waals surface area (Å²) in [6.45, 7) is 1.74. The fourth-order valence-corrected chi connectivity index (χ4v) is 3.29. The number of hydrogen-bond donors (Lipinski definition) is 1. The van der Waals surface area contributed by atoms with E-state index >= 15 is 0 Å². The minimum Gasteiger partial charge on any atom is -0.481 e. The van der Waals surface area contributed by atoms with Crippen LogP contribution in [-0.2, 0) is 4.79 Å². The summed E-state index contributed by atoms with van der Waals surface area (Å²) in [5.74, 6) is -1.27. The number of anilines is 1. The van der Waals surface area contributed by atoms with Crippen LogP contribution in [0, 0.1) is 10.1 Å². The summed E-state index contributed by atoms with van der Waals surface area (Å²) in [4.78, 5) is 52.3. The van der Waals surface area contributed by atoms with E-state index in [2.05, 4.69) is 10.3 Å². The van der Waals surface area contributed by atoms with E-state index in [1.807, 2.05) is 0 Å². The number of hydrogen-bond acceptors (Lipinski definition) is 8. The van der Waals surface area contributed by atoms with Crippen molar-refractivity contribution in [3.63, 3.8) is 0 Å². The standard InChI is InChI=1S/C20H21N5O7/c1-12(26)21-15-7-5-13(11-16(15)25(29)30)19(27)23-9-4-10-24(23)20(28)14-6-8-17(31-2)22-18(14)32-3/h5-8,11H,4,9-10H2,1-3H3,(H,21,26). The van der Waals surface area contributed by atoms with Crippen LogP contribution < -0.4 is 14.8 Å². The predicted molar refractivity (Wildman–Crippen MR) is 111 cm³/mol. The third-order valence-electron chi connectivity index (χ3n) is 4.72. The summed E-state index contributed by atoms with van der Waals surface area (Å²) in [7, 11) is 2.79. The molecule has 0 unspecified atom stereocenters. The Labute approximate surface area is 182 Å². The lowest BCUT2D eigenvalue weighted by atomic mass is 10.1. The number of rotatable bonds is 6. The third-order valence-corrected chi connectivity index (χ3v) is 4.72. The molecule has 12 nitrogen and oxygen atoms in total. The minimum absolute atomic E-state index is 0.00493. The van der Waals surface area contributed by atoms with E-state index in [-0.39, 0.29) is 41.7 Å². The number of methoxy groups -OCH3 is 2. The maximum atomic E-state index is 13.1. The number of carbonyl (C=O) groups excluding carboxylic acids is 3. The Morgan fingerprint density at radius 3 is 2.34 bits per heavy atom. The van der Waals surface area contributed by atoms with Crippen molar-refractivity contribution in [1.82, 2.24) is 15.0 Å². The van der Waals surface area contributed by atoms with Gasteiger partial charge in [0.25, 0.3) is 17.5 Å². The Bertz CT molecular complexity index is 1090. The maximum absolute atomic E-state index is 13.1. The van der Waals surface area contributed by atoms with Crippen molar-refractivity contribution in [2.24, 2.45) is 0 Å². The van der Waals surface area contributed by atoms with E-state index in [9.17, 15) is 24.5 Å². The molecule has 3 rings (SSSR count). The first-order valence-electron chi connectivity index (χ1n) is 9.55. The van der Waals surface area contributed by atoms with Crippen molar-refractivity contribution in [2.75, 3.05) is 32.6 Å². The van der Waals surface area contributed by atoms with Gasteiger partial charge in [-0.2, -0.15) is 4.98 Å². The van der Waals surface area contributed by atoms with Gasteiger partial charge in [-0.1, -0.05) is 0 Å². The number of pyridine rings is 1. The van der Waals surface area contributed by atoms with E-state index in [0.717, 1.165) is 6.07 Å². The smallest absolute Gasteiger partial charge is 0.293 e. The topological polar surface area (TPSA) is 144 Å². The molecule has 1 aromatic carbocycles. The zero-order chi connectivity index (χ0) is 23.4. The number of nitro groups is 1. The zero-order valence-electron chi connectivity index (χ0n) is 17.7. The van der Waals surface area contributed by atoms with Crippen molar-refractivity contribution < 1.29 is 28.8 Å². The Hall–Kier alpha value is -4.22. The van der Waals surface area contributed by atoms with Gasteiger partial charge < -0.3 is 14.8 Å². The number of benzene rings is 1. The van der Waals surface area contributed by atoms with E-state index in [1.165, 1.54) is 55.4 Å². The molecule has 1 N–H and O–H groups in total. The molecule has 0 spiro atoms. The third kappa shape index (κ3) is 4.43. The van der Waals surface area contributed by atoms with Crippen molar-refractivity contribution in [3.05, 3.63) is 51.6 Å². The molecule has 32 heavy (non-hydrogen) atoms. The Morgan fingerprint density at radius 1 is 1.06 bits per heavy atom. The van der Waals surface area contributed by atoms with Crippen LogP contribution in [0.4, 0.5) is 11.4 Å². The first kappa shape index (κ1) is 22.5. The summed E-state index contributed by atoms with van der Waals surface area (Å²) >= 11 is 0. The van der Waals surface area contributed by atoms with Crippen LogP contribution in [0.1, 0.15) is 34.1 Å². The predicted octanol–water partition coefficient (Wildman–Crippen LogP) is 1.87. The highest BCUT2D eigenvalue weighted by Crippen LogP contribution is 2.28. The number of hydrazine groups is 1. The van der Waals surface area contributed by atoms with Gasteiger partial charge in [0.05, 0.1) is 19.1 Å². The van der Waals surface area contributed by atoms with Gasteiger partial charge in [-0.05, 0) is 24.6 Å². The Balaban J connectivity index is 1.90. The van der Waals surface area contributed by atoms with Gasteiger partial charge in [-0.3, -0.25) is 24.5 Å². The van der Waals surface area contributed by atoms with Crippen molar-refractivity contribution in [3.8, 4) is 11.8 Å². The molecule has 0 atom stereocenters. The van der Waals surface area contributed by atoms with Crippen LogP contribution in [0.25, 0.3) is 0 Å². The highest BCUT2D eigenvalue weighted by Gasteiger charge is 2.34. The second-order valence-electron chi connectivity index (χ2n) is 6.79. The number of ether oxygens (including phenoxy) is 2. The van der Waals surface area contributed by atoms with Gasteiger partial charge in [0.1, 0.15) is 11.3 Å². The van der Waals surface area contributed by atoms with Crippen molar-refractivity contribution in [2.45, 2.75) is 13.3 Å². The van der Waals surface area contributed by atoms with Crippen molar-refractivity contribution >= 4 is 29.1 Å². The fourth-order valence-electron chi connectivity index (χ4n) is 3.29. The normalized spacial score (nSPS) is 13.0. The molecule has 3 amide bonds. The molecule has 168 valence electrons. The van der Waals surface area contributed by atoms with Crippen LogP contribution in [0.3, 0.4) is 0 Å². The van der Waals surface area contributed by atoms with Crippen LogP contribution in [0.2, 0.25) is 0 Å². The zero-order valence-corrected chi connectivity index (χ0v) is 17.7. The summed E-state index contributed by atoms with van der Waals surface area (Å²) in [5, 5.41) is 16.3. The quantitative estimate of drug-likeness (QED) is 0.526. The molecule has 0 saturated carbocycles. The average Bonchev–Trinajstić information content (AvgIpc) is 3.27. The van der Waals surface area contributed by atoms with Gasteiger partial charge in [0, 0.05) is 37.7 Å². The van der Waals surface area contributed by atoms with Crippen LogP contribution >= 0.6 is 0 Å². The first-order chi connectivity index (χ1) is 15.3. The molecule has 0 bridgehead atoms. The average molecular weight is 443 g/mol. The molecule has 1 aliphatic heterocycles. The molecular weight excluding hydrogens is 422 g/mol. The SMILES string of the molecule is COc1ccc(C(=O)N2CCCN2C(=O)c2ccc(NC(C)=O)c([N+](=O)[O-])c2)c(OC)n1. The van der Waals surface area contributed by atoms with E-state index in [4.69, 9.17) is 9.47 Å². The minimum atomic E-state index is -0.692. The molecule has 1 fully saturated rings. The lowest BCUT2D eigenvalue weighted by molar-refractivity contribution is -0.384. The molecule has 1 aromatic heterocycles. The number of nitro benzene ring substituents is 1. The monoisotopic (exact) mass is 443 g/mol. The van der Waals surface area contributed by atoms with Gasteiger partial charge in [0.15, 0.2) is 0 Å². The molecule has 1 saturated heterocycles. The highest BCUT2D eigenvalue weighted by atomic mass is 16.6.